The molecule has 2 aromatic heterocycles. The predicted octanol–water partition coefficient (Wildman–Crippen LogP) is 6.94. The molecule has 0 bridgehead atoms. The molecule has 0 unspecified atom stereocenters. The number of anilines is 2. The molecule has 0 fully saturated rings. The largest absolute Gasteiger partial charge is 0.461 e. The van der Waals surface area contributed by atoms with Crippen molar-refractivity contribution in [2.45, 2.75) is 19.5 Å². The summed E-state index contributed by atoms with van der Waals surface area (Å²) < 4.78 is 57.0. The lowest BCUT2D eigenvalue weighted by molar-refractivity contribution is -0.253. The number of fused-ring (bicyclic) bond motifs is 1. The van der Waals surface area contributed by atoms with Crippen molar-refractivity contribution in [3.63, 3.8) is 0 Å². The number of nitrogens with zero attached hydrogens (tertiary/aromatic N) is 2. The van der Waals surface area contributed by atoms with Crippen LogP contribution >= 0.6 is 11.6 Å². The maximum Gasteiger partial charge on any atom is 0.461 e. The van der Waals surface area contributed by atoms with Crippen LogP contribution in [0, 0.1) is 6.92 Å². The molecule has 4 rings (SSSR count). The van der Waals surface area contributed by atoms with E-state index in [-0.39, 0.29) is 5.75 Å². The van der Waals surface area contributed by atoms with Gasteiger partial charge in [-0.2, -0.15) is 17.6 Å². The summed E-state index contributed by atoms with van der Waals surface area (Å²) in [5.74, 6) is 0.229. The van der Waals surface area contributed by atoms with Gasteiger partial charge in [-0.3, -0.25) is 4.40 Å². The fourth-order valence-electron chi connectivity index (χ4n) is 3.06. The normalized spacial score (nSPS) is 11.8. The van der Waals surface area contributed by atoms with E-state index >= 15 is 0 Å². The molecule has 0 aliphatic carbocycles. The van der Waals surface area contributed by atoms with E-state index in [1.165, 1.54) is 24.3 Å². The number of hydrogen-bond acceptors (Lipinski definition) is 3. The van der Waals surface area contributed by atoms with Crippen LogP contribution in [0.25, 0.3) is 16.9 Å². The van der Waals surface area contributed by atoms with Crippen LogP contribution < -0.4 is 10.1 Å². The molecule has 0 aliphatic heterocycles. The molecule has 0 aliphatic rings. The fraction of sp³-hybridized carbons (Fsp3) is 0.136. The van der Waals surface area contributed by atoms with E-state index in [0.29, 0.717) is 27.7 Å². The Morgan fingerprint density at radius 2 is 1.74 bits per heavy atom. The Hall–Kier alpha value is -3.26. The van der Waals surface area contributed by atoms with Crippen LogP contribution in [0.2, 0.25) is 5.02 Å². The number of para-hydroxylation sites is 1. The average molecular weight is 450 g/mol. The highest BCUT2D eigenvalue weighted by Gasteiger charge is 2.43. The lowest BCUT2D eigenvalue weighted by atomic mass is 10.1. The van der Waals surface area contributed by atoms with E-state index in [0.717, 1.165) is 11.3 Å². The van der Waals surface area contributed by atoms with Gasteiger partial charge in [0.1, 0.15) is 22.9 Å². The number of aromatic nitrogens is 2. The van der Waals surface area contributed by atoms with Crippen molar-refractivity contribution in [3.8, 4) is 17.0 Å². The number of nitrogens with one attached hydrogen (secondary N) is 1. The molecule has 2 aromatic carbocycles. The molecule has 0 radical (unpaired) electrons. The molecule has 0 atom stereocenters. The minimum atomic E-state index is -4.57. The van der Waals surface area contributed by atoms with E-state index in [1.54, 1.807) is 22.7 Å². The second-order valence-corrected chi connectivity index (χ2v) is 7.25. The summed E-state index contributed by atoms with van der Waals surface area (Å²) in [5.41, 5.74) is 3.56. The van der Waals surface area contributed by atoms with Crippen LogP contribution in [0.4, 0.5) is 29.1 Å². The molecule has 0 saturated carbocycles. The lowest BCUT2D eigenvalue weighted by Crippen LogP contribution is -2.33. The third-order valence-corrected chi connectivity index (χ3v) is 4.84. The monoisotopic (exact) mass is 449 g/mol. The Morgan fingerprint density at radius 3 is 2.42 bits per heavy atom. The van der Waals surface area contributed by atoms with Crippen LogP contribution in [0.15, 0.2) is 66.9 Å². The average Bonchev–Trinajstić information content (AvgIpc) is 3.07. The number of ether oxygens (including phenoxy) is 1. The zero-order chi connectivity index (χ0) is 22.2. The first-order chi connectivity index (χ1) is 14.7. The highest BCUT2D eigenvalue weighted by atomic mass is 35.5. The zero-order valence-electron chi connectivity index (χ0n) is 16.1. The summed E-state index contributed by atoms with van der Waals surface area (Å²) in [6.07, 6.45) is -6.80. The lowest BCUT2D eigenvalue weighted by Gasteiger charge is -2.17. The zero-order valence-corrected chi connectivity index (χ0v) is 16.9. The van der Waals surface area contributed by atoms with Crippen LogP contribution in [0.3, 0.4) is 0 Å². The van der Waals surface area contributed by atoms with Crippen molar-refractivity contribution in [1.82, 2.24) is 9.38 Å². The highest BCUT2D eigenvalue weighted by Crippen LogP contribution is 2.34. The van der Waals surface area contributed by atoms with Gasteiger partial charge in [-0.05, 0) is 55.0 Å². The number of alkyl halides is 4. The molecule has 1 N–H and O–H groups in total. The molecule has 4 aromatic rings. The Kier molecular flexibility index (Phi) is 5.49. The first kappa shape index (κ1) is 21.0. The highest BCUT2D eigenvalue weighted by molar-refractivity contribution is 6.30. The van der Waals surface area contributed by atoms with Crippen molar-refractivity contribution in [1.29, 1.82) is 0 Å². The summed E-state index contributed by atoms with van der Waals surface area (Å²) in [5, 5.41) is 3.85. The standard InChI is InChI=1S/C22H16ClF4N3O/c1-13-4-2-3-5-17(13)28-20-19(29-18-11-8-15(23)12-30(18)20)14-6-9-16(10-7-14)31-22(26,27)21(24)25/h2-12,21,28H,1H3. The van der Waals surface area contributed by atoms with Gasteiger partial charge in [0, 0.05) is 17.4 Å². The SMILES string of the molecule is Cc1ccccc1Nc1c(-c2ccc(OC(F)(F)C(F)F)cc2)nc2ccc(Cl)cn12. The van der Waals surface area contributed by atoms with Crippen LogP contribution in [0.5, 0.6) is 5.75 Å². The van der Waals surface area contributed by atoms with Gasteiger partial charge < -0.3 is 10.1 Å². The topological polar surface area (TPSA) is 38.6 Å². The third-order valence-electron chi connectivity index (χ3n) is 4.62. The summed E-state index contributed by atoms with van der Waals surface area (Å²) in [4.78, 5) is 4.62. The molecule has 31 heavy (non-hydrogen) atoms. The van der Waals surface area contributed by atoms with Gasteiger partial charge in [0.2, 0.25) is 0 Å². The number of rotatable bonds is 6. The molecule has 0 amide bonds. The molecule has 9 heteroatoms. The fourth-order valence-corrected chi connectivity index (χ4v) is 3.22. The maximum absolute atomic E-state index is 13.2. The molecule has 0 spiro atoms. The number of halogens is 5. The number of aryl methyl sites for hydroxylation is 1. The van der Waals surface area contributed by atoms with Crippen LogP contribution in [-0.4, -0.2) is 21.9 Å². The Morgan fingerprint density at radius 1 is 1.03 bits per heavy atom. The van der Waals surface area contributed by atoms with E-state index in [4.69, 9.17) is 11.6 Å². The van der Waals surface area contributed by atoms with Crippen LogP contribution in [-0.2, 0) is 0 Å². The summed E-state index contributed by atoms with van der Waals surface area (Å²) >= 11 is 6.16. The second-order valence-electron chi connectivity index (χ2n) is 6.81. The van der Waals surface area contributed by atoms with Gasteiger partial charge in [0.25, 0.3) is 0 Å². The van der Waals surface area contributed by atoms with Crippen molar-refractivity contribution < 1.29 is 22.3 Å². The van der Waals surface area contributed by atoms with Crippen molar-refractivity contribution in [3.05, 3.63) is 77.4 Å². The number of pyridine rings is 1. The first-order valence-electron chi connectivity index (χ1n) is 9.20. The molecular formula is C22H16ClF4N3O. The van der Waals surface area contributed by atoms with Gasteiger partial charge in [-0.15, -0.1) is 0 Å². The quantitative estimate of drug-likeness (QED) is 0.324. The minimum absolute atomic E-state index is 0.380. The van der Waals surface area contributed by atoms with Gasteiger partial charge in [-0.25, -0.2) is 4.98 Å². The van der Waals surface area contributed by atoms with Gasteiger partial charge >= 0.3 is 12.5 Å². The molecular weight excluding hydrogens is 434 g/mol. The van der Waals surface area contributed by atoms with E-state index in [9.17, 15) is 17.6 Å². The summed E-state index contributed by atoms with van der Waals surface area (Å²) in [6, 6.07) is 16.5. The summed E-state index contributed by atoms with van der Waals surface area (Å²) in [7, 11) is 0. The summed E-state index contributed by atoms with van der Waals surface area (Å²) in [6.45, 7) is 1.95. The maximum atomic E-state index is 13.2. The van der Waals surface area contributed by atoms with Crippen molar-refractivity contribution in [2.24, 2.45) is 0 Å². The smallest absolute Gasteiger partial charge is 0.428 e. The Labute approximate surface area is 180 Å². The molecule has 0 saturated heterocycles. The van der Waals surface area contributed by atoms with E-state index in [1.807, 2.05) is 31.2 Å². The minimum Gasteiger partial charge on any atom is -0.428 e. The van der Waals surface area contributed by atoms with Gasteiger partial charge in [0.15, 0.2) is 0 Å². The third kappa shape index (κ3) is 4.29. The van der Waals surface area contributed by atoms with E-state index in [2.05, 4.69) is 15.0 Å². The number of hydrogen-bond donors (Lipinski definition) is 1. The molecule has 160 valence electrons. The molecule has 4 nitrogen and oxygen atoms in total. The second kappa shape index (κ2) is 8.11. The van der Waals surface area contributed by atoms with E-state index < -0.39 is 12.5 Å². The first-order valence-corrected chi connectivity index (χ1v) is 9.58. The predicted molar refractivity (Wildman–Crippen MR) is 112 cm³/mol. The van der Waals surface area contributed by atoms with Crippen LogP contribution in [0.1, 0.15) is 5.56 Å². The Bertz CT molecular complexity index is 1230. The number of benzene rings is 2. The Balaban J connectivity index is 1.76. The number of imidazole rings is 1. The van der Waals surface area contributed by atoms with Crippen molar-refractivity contribution >= 4 is 28.8 Å². The van der Waals surface area contributed by atoms with Gasteiger partial charge in [0.05, 0.1) is 5.02 Å². The van der Waals surface area contributed by atoms with Crippen molar-refractivity contribution in [2.75, 3.05) is 5.32 Å². The molecule has 2 heterocycles. The van der Waals surface area contributed by atoms with Gasteiger partial charge in [-0.1, -0.05) is 29.8 Å².